The van der Waals surface area contributed by atoms with E-state index in [-0.39, 0.29) is 5.91 Å². The molecule has 0 saturated heterocycles. The Morgan fingerprint density at radius 2 is 1.80 bits per heavy atom. The third-order valence-electron chi connectivity index (χ3n) is 3.77. The first kappa shape index (κ1) is 18.9. The lowest BCUT2D eigenvalue weighted by Gasteiger charge is -2.16. The lowest BCUT2D eigenvalue weighted by atomic mass is 10.0. The minimum absolute atomic E-state index is 0.297. The number of benzene rings is 2. The smallest absolute Gasteiger partial charge is 0.310 e. The topological polar surface area (TPSA) is 75.6 Å². The van der Waals surface area contributed by atoms with Crippen molar-refractivity contribution in [3.8, 4) is 5.75 Å². The summed E-state index contributed by atoms with van der Waals surface area (Å²) < 4.78 is 5.65. The van der Waals surface area contributed by atoms with Gasteiger partial charge in [0.1, 0.15) is 5.75 Å². The summed E-state index contributed by atoms with van der Waals surface area (Å²) in [4.78, 5) is 24.5. The Labute approximate surface area is 151 Å². The molecule has 0 aliphatic carbocycles. The van der Waals surface area contributed by atoms with E-state index in [0.29, 0.717) is 17.0 Å². The van der Waals surface area contributed by atoms with Gasteiger partial charge in [0.2, 0.25) is 0 Å². The molecule has 25 heavy (non-hydrogen) atoms. The molecule has 2 rings (SSSR count). The molecule has 0 heterocycles. The van der Waals surface area contributed by atoms with Crippen LogP contribution in [0.1, 0.15) is 25.3 Å². The van der Waals surface area contributed by atoms with E-state index in [4.69, 9.17) is 9.84 Å². The van der Waals surface area contributed by atoms with Crippen LogP contribution in [0, 0.1) is 0 Å². The Morgan fingerprint density at radius 3 is 2.40 bits per heavy atom. The second kappa shape index (κ2) is 8.58. The van der Waals surface area contributed by atoms with Crippen LogP contribution in [0.25, 0.3) is 0 Å². The molecule has 2 aromatic carbocycles. The minimum atomic E-state index is -0.908. The van der Waals surface area contributed by atoms with Crippen molar-refractivity contribution in [3.63, 3.8) is 0 Å². The summed E-state index contributed by atoms with van der Waals surface area (Å²) in [5.41, 5.74) is 1.18. The quantitative estimate of drug-likeness (QED) is 0.731. The highest BCUT2D eigenvalue weighted by Gasteiger charge is 2.17. The van der Waals surface area contributed by atoms with E-state index in [1.807, 2.05) is 30.5 Å². The number of ether oxygens (including phenoxy) is 1. The summed E-state index contributed by atoms with van der Waals surface area (Å²) in [5.74, 6) is -1.22. The maximum atomic E-state index is 12.3. The third-order valence-corrected chi connectivity index (χ3v) is 4.51. The molecule has 0 saturated carbocycles. The van der Waals surface area contributed by atoms with Gasteiger partial charge in [0.05, 0.1) is 5.92 Å². The maximum absolute atomic E-state index is 12.3. The lowest BCUT2D eigenvalue weighted by molar-refractivity contribution is -0.138. The van der Waals surface area contributed by atoms with Crippen LogP contribution in [-0.2, 0) is 9.59 Å². The predicted octanol–water partition coefficient (Wildman–Crippen LogP) is 4.00. The fraction of sp³-hybridized carbons (Fsp3) is 0.263. The first-order valence-electron chi connectivity index (χ1n) is 7.85. The second-order valence-electron chi connectivity index (χ2n) is 5.61. The van der Waals surface area contributed by atoms with Crippen LogP contribution in [0.4, 0.5) is 5.69 Å². The van der Waals surface area contributed by atoms with Gasteiger partial charge < -0.3 is 15.2 Å². The summed E-state index contributed by atoms with van der Waals surface area (Å²) >= 11 is 1.63. The molecule has 2 atom stereocenters. The molecular formula is C19H21NO4S. The molecule has 1 amide bonds. The molecule has 2 unspecified atom stereocenters. The van der Waals surface area contributed by atoms with Gasteiger partial charge in [-0.2, -0.15) is 0 Å². The molecule has 0 radical (unpaired) electrons. The zero-order valence-electron chi connectivity index (χ0n) is 14.4. The van der Waals surface area contributed by atoms with Crippen molar-refractivity contribution in [2.24, 2.45) is 0 Å². The Balaban J connectivity index is 2.00. The first-order valence-corrected chi connectivity index (χ1v) is 9.07. The molecule has 2 aromatic rings. The minimum Gasteiger partial charge on any atom is -0.481 e. The zero-order valence-corrected chi connectivity index (χ0v) is 15.2. The molecule has 0 aliphatic rings. The highest BCUT2D eigenvalue weighted by atomic mass is 32.2. The number of carbonyl (C=O) groups is 2. The van der Waals surface area contributed by atoms with Crippen molar-refractivity contribution in [2.45, 2.75) is 30.8 Å². The van der Waals surface area contributed by atoms with Gasteiger partial charge in [0.25, 0.3) is 5.91 Å². The van der Waals surface area contributed by atoms with E-state index in [1.54, 1.807) is 49.9 Å². The van der Waals surface area contributed by atoms with Crippen molar-refractivity contribution < 1.29 is 19.4 Å². The molecule has 5 nitrogen and oxygen atoms in total. The molecule has 0 spiro atoms. The summed E-state index contributed by atoms with van der Waals surface area (Å²) in [6, 6.07) is 14.3. The average Bonchev–Trinajstić information content (AvgIpc) is 2.61. The Kier molecular flexibility index (Phi) is 6.47. The van der Waals surface area contributed by atoms with Crippen LogP contribution >= 0.6 is 11.8 Å². The number of carboxylic acids is 1. The number of rotatable bonds is 7. The SMILES string of the molecule is CSc1ccc(OC(C)C(=O)Nc2cccc(C(C)C(=O)O)c2)cc1. The second-order valence-corrected chi connectivity index (χ2v) is 6.49. The summed E-state index contributed by atoms with van der Waals surface area (Å²) in [6.45, 7) is 3.27. The van der Waals surface area contributed by atoms with E-state index in [0.717, 1.165) is 4.90 Å². The molecule has 6 heteroatoms. The van der Waals surface area contributed by atoms with Crippen molar-refractivity contribution in [1.29, 1.82) is 0 Å². The molecular weight excluding hydrogens is 338 g/mol. The number of carboxylic acid groups (broad SMARTS) is 1. The normalized spacial score (nSPS) is 12.9. The van der Waals surface area contributed by atoms with E-state index in [2.05, 4.69) is 5.32 Å². The van der Waals surface area contributed by atoms with Gasteiger partial charge in [-0.3, -0.25) is 9.59 Å². The van der Waals surface area contributed by atoms with Gasteiger partial charge in [-0.15, -0.1) is 11.8 Å². The molecule has 0 fully saturated rings. The van der Waals surface area contributed by atoms with Crippen LogP contribution in [0.5, 0.6) is 5.75 Å². The number of aliphatic carboxylic acids is 1. The number of amides is 1. The van der Waals surface area contributed by atoms with Gasteiger partial charge in [-0.1, -0.05) is 12.1 Å². The fourth-order valence-corrected chi connectivity index (χ4v) is 2.59. The zero-order chi connectivity index (χ0) is 18.4. The van der Waals surface area contributed by atoms with Gasteiger partial charge in [0, 0.05) is 10.6 Å². The number of anilines is 1. The number of nitrogens with one attached hydrogen (secondary N) is 1. The molecule has 0 aliphatic heterocycles. The van der Waals surface area contributed by atoms with E-state index >= 15 is 0 Å². The van der Waals surface area contributed by atoms with Gasteiger partial charge in [-0.25, -0.2) is 0 Å². The average molecular weight is 359 g/mol. The van der Waals surface area contributed by atoms with Crippen LogP contribution < -0.4 is 10.1 Å². The Bertz CT molecular complexity index is 745. The van der Waals surface area contributed by atoms with Crippen molar-refractivity contribution in [2.75, 3.05) is 11.6 Å². The van der Waals surface area contributed by atoms with Crippen LogP contribution in [0.2, 0.25) is 0 Å². The van der Waals surface area contributed by atoms with Gasteiger partial charge in [0.15, 0.2) is 6.10 Å². The van der Waals surface area contributed by atoms with Gasteiger partial charge >= 0.3 is 5.97 Å². The number of carbonyl (C=O) groups excluding carboxylic acids is 1. The summed E-state index contributed by atoms with van der Waals surface area (Å²) in [7, 11) is 0. The van der Waals surface area contributed by atoms with Gasteiger partial charge in [-0.05, 0) is 62.1 Å². The molecule has 2 N–H and O–H groups in total. The van der Waals surface area contributed by atoms with Crippen molar-refractivity contribution in [3.05, 3.63) is 54.1 Å². The molecule has 0 aromatic heterocycles. The first-order chi connectivity index (χ1) is 11.9. The monoisotopic (exact) mass is 359 g/mol. The van der Waals surface area contributed by atoms with Crippen molar-refractivity contribution >= 4 is 29.3 Å². The Morgan fingerprint density at radius 1 is 1.12 bits per heavy atom. The Hall–Kier alpha value is -2.47. The standard InChI is InChI=1S/C19H21NO4S/c1-12(19(22)23)14-5-4-6-15(11-14)20-18(21)13(2)24-16-7-9-17(25-3)10-8-16/h4-13H,1-3H3,(H,20,21)(H,22,23). The van der Waals surface area contributed by atoms with Crippen LogP contribution in [0.15, 0.2) is 53.4 Å². The van der Waals surface area contributed by atoms with E-state index in [9.17, 15) is 9.59 Å². The van der Waals surface area contributed by atoms with Crippen LogP contribution in [0.3, 0.4) is 0 Å². The largest absolute Gasteiger partial charge is 0.481 e. The highest BCUT2D eigenvalue weighted by molar-refractivity contribution is 7.98. The highest BCUT2D eigenvalue weighted by Crippen LogP contribution is 2.21. The number of hydrogen-bond donors (Lipinski definition) is 2. The van der Waals surface area contributed by atoms with E-state index < -0.39 is 18.0 Å². The maximum Gasteiger partial charge on any atom is 0.310 e. The summed E-state index contributed by atoms with van der Waals surface area (Å²) in [6.07, 6.45) is 1.31. The lowest BCUT2D eigenvalue weighted by Crippen LogP contribution is -2.30. The number of thioether (sulfide) groups is 1. The van der Waals surface area contributed by atoms with E-state index in [1.165, 1.54) is 0 Å². The van der Waals surface area contributed by atoms with Crippen molar-refractivity contribution in [1.82, 2.24) is 0 Å². The summed E-state index contributed by atoms with van der Waals surface area (Å²) in [5, 5.41) is 11.8. The predicted molar refractivity (Wildman–Crippen MR) is 99.4 cm³/mol. The van der Waals surface area contributed by atoms with Crippen LogP contribution in [-0.4, -0.2) is 29.3 Å². The number of hydrogen-bond acceptors (Lipinski definition) is 4. The third kappa shape index (κ3) is 5.26. The molecule has 0 bridgehead atoms. The molecule has 132 valence electrons. The fourth-order valence-electron chi connectivity index (χ4n) is 2.18.